The fraction of sp³-hybridized carbons (Fsp3) is 0.500. The molecule has 2 N–H and O–H groups in total. The molecule has 0 aliphatic carbocycles. The normalized spacial score (nSPS) is 12.7. The number of hydrogen-bond acceptors (Lipinski definition) is 2. The SMILES string of the molecule is Cc1ccc(CCCCC(=O)NC(CC(F)(F)F)C(=O)O)cc1. The Balaban J connectivity index is 2.32. The number of carboxylic acids is 1. The van der Waals surface area contributed by atoms with Crippen LogP contribution in [0.5, 0.6) is 0 Å². The molecule has 0 aliphatic heterocycles. The van der Waals surface area contributed by atoms with E-state index in [-0.39, 0.29) is 6.42 Å². The summed E-state index contributed by atoms with van der Waals surface area (Å²) in [6, 6.07) is 6.01. The predicted octanol–water partition coefficient (Wildman–Crippen LogP) is 3.23. The standard InChI is InChI=1S/C16H20F3NO3/c1-11-6-8-12(9-7-11)4-2-3-5-14(21)20-13(15(22)23)10-16(17,18)19/h6-9,13H,2-5,10H2,1H3,(H,20,21)(H,22,23). The predicted molar refractivity (Wildman–Crippen MR) is 79.0 cm³/mol. The maximum Gasteiger partial charge on any atom is 0.391 e. The number of carboxylic acid groups (broad SMARTS) is 1. The van der Waals surface area contributed by atoms with E-state index in [0.717, 1.165) is 17.5 Å². The molecule has 0 aromatic heterocycles. The van der Waals surface area contributed by atoms with Gasteiger partial charge in [-0.1, -0.05) is 29.8 Å². The summed E-state index contributed by atoms with van der Waals surface area (Å²) in [6.07, 6.45) is -4.25. The van der Waals surface area contributed by atoms with Crippen molar-refractivity contribution in [3.05, 3.63) is 35.4 Å². The molecule has 1 amide bonds. The van der Waals surface area contributed by atoms with Gasteiger partial charge >= 0.3 is 12.1 Å². The van der Waals surface area contributed by atoms with Crippen molar-refractivity contribution in [1.82, 2.24) is 5.32 Å². The van der Waals surface area contributed by atoms with Crippen LogP contribution in [0.15, 0.2) is 24.3 Å². The maximum atomic E-state index is 12.2. The Morgan fingerprint density at radius 2 is 1.78 bits per heavy atom. The Kier molecular flexibility index (Phi) is 7.06. The number of carbonyl (C=O) groups is 2. The van der Waals surface area contributed by atoms with Gasteiger partial charge in [-0.25, -0.2) is 4.79 Å². The molecule has 7 heteroatoms. The topological polar surface area (TPSA) is 66.4 Å². The Labute approximate surface area is 132 Å². The first-order valence-electron chi connectivity index (χ1n) is 7.32. The van der Waals surface area contributed by atoms with E-state index in [2.05, 4.69) is 0 Å². The third-order valence-electron chi connectivity index (χ3n) is 3.31. The summed E-state index contributed by atoms with van der Waals surface area (Å²) in [5.41, 5.74) is 2.27. The summed E-state index contributed by atoms with van der Waals surface area (Å²) in [7, 11) is 0. The lowest BCUT2D eigenvalue weighted by Gasteiger charge is -2.16. The Bertz CT molecular complexity index is 526. The van der Waals surface area contributed by atoms with Gasteiger partial charge in [0.2, 0.25) is 5.91 Å². The molecule has 128 valence electrons. The van der Waals surface area contributed by atoms with Gasteiger partial charge in [0.1, 0.15) is 6.04 Å². The second-order valence-electron chi connectivity index (χ2n) is 5.47. The molecule has 0 radical (unpaired) electrons. The van der Waals surface area contributed by atoms with Crippen LogP contribution in [0.2, 0.25) is 0 Å². The van der Waals surface area contributed by atoms with E-state index in [9.17, 15) is 22.8 Å². The minimum Gasteiger partial charge on any atom is -0.480 e. The van der Waals surface area contributed by atoms with E-state index < -0.39 is 30.5 Å². The minimum absolute atomic E-state index is 0.00744. The van der Waals surface area contributed by atoms with E-state index >= 15 is 0 Å². The van der Waals surface area contributed by atoms with Gasteiger partial charge in [0.25, 0.3) is 0 Å². The minimum atomic E-state index is -4.64. The largest absolute Gasteiger partial charge is 0.480 e. The third-order valence-corrected chi connectivity index (χ3v) is 3.31. The molecule has 0 bridgehead atoms. The summed E-state index contributed by atoms with van der Waals surface area (Å²) in [4.78, 5) is 22.3. The highest BCUT2D eigenvalue weighted by atomic mass is 19.4. The monoisotopic (exact) mass is 331 g/mol. The average molecular weight is 331 g/mol. The van der Waals surface area contributed by atoms with Crippen molar-refractivity contribution in [2.24, 2.45) is 0 Å². The van der Waals surface area contributed by atoms with Crippen LogP contribution >= 0.6 is 0 Å². The molecular formula is C16H20F3NO3. The van der Waals surface area contributed by atoms with E-state index in [4.69, 9.17) is 5.11 Å². The summed E-state index contributed by atoms with van der Waals surface area (Å²) >= 11 is 0. The third kappa shape index (κ3) is 8.23. The smallest absolute Gasteiger partial charge is 0.391 e. The highest BCUT2D eigenvalue weighted by Gasteiger charge is 2.36. The number of amides is 1. The molecule has 0 fully saturated rings. The average Bonchev–Trinajstić information content (AvgIpc) is 2.43. The van der Waals surface area contributed by atoms with Crippen molar-refractivity contribution in [2.45, 2.75) is 51.2 Å². The number of alkyl halides is 3. The number of halogens is 3. The quantitative estimate of drug-likeness (QED) is 0.719. The van der Waals surface area contributed by atoms with Crippen molar-refractivity contribution in [2.75, 3.05) is 0 Å². The number of hydrogen-bond donors (Lipinski definition) is 2. The van der Waals surface area contributed by atoms with Crippen molar-refractivity contribution in [1.29, 1.82) is 0 Å². The molecule has 1 unspecified atom stereocenters. The lowest BCUT2D eigenvalue weighted by molar-refractivity contribution is -0.160. The molecule has 0 heterocycles. The van der Waals surface area contributed by atoms with Gasteiger partial charge in [0.05, 0.1) is 6.42 Å². The summed E-state index contributed by atoms with van der Waals surface area (Å²) < 4.78 is 36.7. The van der Waals surface area contributed by atoms with Gasteiger partial charge in [0.15, 0.2) is 0 Å². The lowest BCUT2D eigenvalue weighted by atomic mass is 10.1. The van der Waals surface area contributed by atoms with Gasteiger partial charge in [-0.3, -0.25) is 4.79 Å². The lowest BCUT2D eigenvalue weighted by Crippen LogP contribution is -2.43. The number of nitrogens with one attached hydrogen (secondary N) is 1. The van der Waals surface area contributed by atoms with Crippen LogP contribution in [0.25, 0.3) is 0 Å². The van der Waals surface area contributed by atoms with E-state index in [1.807, 2.05) is 36.5 Å². The van der Waals surface area contributed by atoms with Crippen LogP contribution < -0.4 is 5.32 Å². The first-order chi connectivity index (χ1) is 10.7. The molecule has 1 rings (SSSR count). The highest BCUT2D eigenvalue weighted by Crippen LogP contribution is 2.21. The summed E-state index contributed by atoms with van der Waals surface area (Å²) in [5.74, 6) is -2.36. The van der Waals surface area contributed by atoms with Crippen LogP contribution in [0.3, 0.4) is 0 Å². The molecule has 0 saturated heterocycles. The molecule has 1 aromatic carbocycles. The van der Waals surface area contributed by atoms with Gasteiger partial charge in [-0.05, 0) is 31.7 Å². The zero-order valence-corrected chi connectivity index (χ0v) is 12.8. The fourth-order valence-corrected chi connectivity index (χ4v) is 2.07. The number of benzene rings is 1. The zero-order valence-electron chi connectivity index (χ0n) is 12.8. The van der Waals surface area contributed by atoms with Crippen molar-refractivity contribution in [3.8, 4) is 0 Å². The van der Waals surface area contributed by atoms with Gasteiger partial charge in [0, 0.05) is 6.42 Å². The fourth-order valence-electron chi connectivity index (χ4n) is 2.07. The van der Waals surface area contributed by atoms with Crippen LogP contribution in [0.1, 0.15) is 36.8 Å². The molecule has 1 aromatic rings. The first-order valence-corrected chi connectivity index (χ1v) is 7.32. The van der Waals surface area contributed by atoms with E-state index in [1.54, 1.807) is 0 Å². The first kappa shape index (κ1) is 19.0. The molecule has 0 aliphatic rings. The van der Waals surface area contributed by atoms with Gasteiger partial charge in [-0.15, -0.1) is 0 Å². The molecule has 0 saturated carbocycles. The molecule has 0 spiro atoms. The number of carbonyl (C=O) groups excluding carboxylic acids is 1. The highest BCUT2D eigenvalue weighted by molar-refractivity contribution is 5.83. The van der Waals surface area contributed by atoms with Crippen molar-refractivity contribution >= 4 is 11.9 Å². The Morgan fingerprint density at radius 1 is 1.17 bits per heavy atom. The zero-order chi connectivity index (χ0) is 17.5. The van der Waals surface area contributed by atoms with E-state index in [1.165, 1.54) is 0 Å². The van der Waals surface area contributed by atoms with Crippen molar-refractivity contribution in [3.63, 3.8) is 0 Å². The number of unbranched alkanes of at least 4 members (excludes halogenated alkanes) is 1. The summed E-state index contributed by atoms with van der Waals surface area (Å²) in [5, 5.41) is 10.6. The second-order valence-corrected chi connectivity index (χ2v) is 5.47. The number of aliphatic carboxylic acids is 1. The second kappa shape index (κ2) is 8.55. The molecular weight excluding hydrogens is 311 g/mol. The van der Waals surface area contributed by atoms with E-state index in [0.29, 0.717) is 12.8 Å². The Hall–Kier alpha value is -2.05. The van der Waals surface area contributed by atoms with Crippen molar-refractivity contribution < 1.29 is 27.9 Å². The van der Waals surface area contributed by atoms with Crippen LogP contribution in [0, 0.1) is 6.92 Å². The van der Waals surface area contributed by atoms with Crippen LogP contribution in [-0.2, 0) is 16.0 Å². The number of rotatable bonds is 8. The Morgan fingerprint density at radius 3 is 2.30 bits per heavy atom. The molecule has 23 heavy (non-hydrogen) atoms. The maximum absolute atomic E-state index is 12.2. The number of aryl methyl sites for hydroxylation is 2. The molecule has 1 atom stereocenters. The van der Waals surface area contributed by atoms with Gasteiger partial charge < -0.3 is 10.4 Å². The van der Waals surface area contributed by atoms with Gasteiger partial charge in [-0.2, -0.15) is 13.2 Å². The molecule has 4 nitrogen and oxygen atoms in total. The van der Waals surface area contributed by atoms with Crippen LogP contribution in [0.4, 0.5) is 13.2 Å². The van der Waals surface area contributed by atoms with Crippen LogP contribution in [-0.4, -0.2) is 29.2 Å². The summed E-state index contributed by atoms with van der Waals surface area (Å²) in [6.45, 7) is 1.98.